The third-order valence-electron chi connectivity index (χ3n) is 4.52. The quantitative estimate of drug-likeness (QED) is 0.664. The standard InChI is InChI=1S/C23H19F2N3O2/c1-13(2)30-19-4-3-15-12-27-22(20(15)11-19)14-5-6-26-21(9-14)28-23(29)16-7-17(24)10-18(25)8-16/h3-11,13H,12H2,1-2H3,(H,26,28,29). The molecule has 0 radical (unpaired) electrons. The first-order chi connectivity index (χ1) is 14.4. The Kier molecular flexibility index (Phi) is 5.27. The number of fused-ring (bicyclic) bond motifs is 1. The summed E-state index contributed by atoms with van der Waals surface area (Å²) in [4.78, 5) is 21.1. The van der Waals surface area contributed by atoms with E-state index in [9.17, 15) is 13.6 Å². The summed E-state index contributed by atoms with van der Waals surface area (Å²) in [5, 5.41) is 2.57. The van der Waals surface area contributed by atoms with Gasteiger partial charge in [-0.25, -0.2) is 13.8 Å². The molecule has 0 bridgehead atoms. The molecule has 2 heterocycles. The fourth-order valence-electron chi connectivity index (χ4n) is 3.28. The highest BCUT2D eigenvalue weighted by Crippen LogP contribution is 2.28. The molecule has 1 N–H and O–H groups in total. The average molecular weight is 407 g/mol. The minimum absolute atomic E-state index is 0.0558. The number of carbonyl (C=O) groups excluding carboxylic acids is 1. The van der Waals surface area contributed by atoms with E-state index in [1.807, 2.05) is 32.0 Å². The first-order valence-corrected chi connectivity index (χ1v) is 9.47. The molecule has 7 heteroatoms. The van der Waals surface area contributed by atoms with E-state index < -0.39 is 17.5 Å². The summed E-state index contributed by atoms with van der Waals surface area (Å²) in [5.41, 5.74) is 3.46. The molecule has 0 spiro atoms. The third-order valence-corrected chi connectivity index (χ3v) is 4.52. The zero-order valence-electron chi connectivity index (χ0n) is 16.4. The lowest BCUT2D eigenvalue weighted by molar-refractivity contribution is 0.102. The van der Waals surface area contributed by atoms with Crippen LogP contribution in [0.5, 0.6) is 5.75 Å². The molecule has 0 unspecified atom stereocenters. The highest BCUT2D eigenvalue weighted by molar-refractivity contribution is 6.16. The van der Waals surface area contributed by atoms with Crippen LogP contribution in [0.1, 0.15) is 40.9 Å². The van der Waals surface area contributed by atoms with E-state index in [-0.39, 0.29) is 17.5 Å². The van der Waals surface area contributed by atoms with Crippen molar-refractivity contribution in [1.82, 2.24) is 4.98 Å². The Morgan fingerprint density at radius 3 is 2.57 bits per heavy atom. The summed E-state index contributed by atoms with van der Waals surface area (Å²) in [5.74, 6) is -1.28. The Labute approximate surface area is 172 Å². The van der Waals surface area contributed by atoms with Crippen molar-refractivity contribution in [3.05, 3.63) is 88.6 Å². The molecule has 3 aromatic rings. The summed E-state index contributed by atoms with van der Waals surface area (Å²) in [6.07, 6.45) is 1.60. The van der Waals surface area contributed by atoms with Gasteiger partial charge in [0, 0.05) is 29.0 Å². The van der Waals surface area contributed by atoms with Gasteiger partial charge < -0.3 is 10.1 Å². The van der Waals surface area contributed by atoms with Crippen LogP contribution in [0.3, 0.4) is 0 Å². The van der Waals surface area contributed by atoms with Crippen LogP contribution in [0, 0.1) is 11.6 Å². The SMILES string of the molecule is CC(C)Oc1ccc2c(c1)C(c1ccnc(NC(=O)c3cc(F)cc(F)c3)c1)=NC2. The van der Waals surface area contributed by atoms with Crippen molar-refractivity contribution in [3.8, 4) is 5.75 Å². The minimum Gasteiger partial charge on any atom is -0.491 e. The van der Waals surface area contributed by atoms with Crippen molar-refractivity contribution < 1.29 is 18.3 Å². The zero-order valence-corrected chi connectivity index (χ0v) is 16.4. The first kappa shape index (κ1) is 19.7. The molecule has 5 nitrogen and oxygen atoms in total. The van der Waals surface area contributed by atoms with Crippen molar-refractivity contribution in [1.29, 1.82) is 0 Å². The summed E-state index contributed by atoms with van der Waals surface area (Å²) in [7, 11) is 0. The van der Waals surface area contributed by atoms with Gasteiger partial charge in [0.1, 0.15) is 23.2 Å². The van der Waals surface area contributed by atoms with Gasteiger partial charge in [-0.2, -0.15) is 0 Å². The number of hydrogen-bond acceptors (Lipinski definition) is 4. The van der Waals surface area contributed by atoms with Crippen molar-refractivity contribution >= 4 is 17.4 Å². The van der Waals surface area contributed by atoms with Crippen molar-refractivity contribution in [3.63, 3.8) is 0 Å². The number of aromatic nitrogens is 1. The number of carbonyl (C=O) groups is 1. The predicted molar refractivity (Wildman–Crippen MR) is 110 cm³/mol. The predicted octanol–water partition coefficient (Wildman–Crippen LogP) is 4.75. The van der Waals surface area contributed by atoms with E-state index >= 15 is 0 Å². The lowest BCUT2D eigenvalue weighted by atomic mass is 10.0. The normalized spacial score (nSPS) is 12.5. The molecular weight excluding hydrogens is 388 g/mol. The van der Waals surface area contributed by atoms with E-state index in [1.54, 1.807) is 18.3 Å². The second-order valence-electron chi connectivity index (χ2n) is 7.19. The van der Waals surface area contributed by atoms with Crippen LogP contribution in [-0.2, 0) is 6.54 Å². The number of aliphatic imine (C=N–C) groups is 1. The Balaban J connectivity index is 1.59. The van der Waals surface area contributed by atoms with E-state index in [1.165, 1.54) is 0 Å². The summed E-state index contributed by atoms with van der Waals surface area (Å²) in [6, 6.07) is 12.0. The number of hydrogen-bond donors (Lipinski definition) is 1. The molecule has 1 aromatic heterocycles. The van der Waals surface area contributed by atoms with Gasteiger partial charge in [0.25, 0.3) is 5.91 Å². The molecule has 0 fully saturated rings. The molecule has 0 saturated heterocycles. The van der Waals surface area contributed by atoms with Crippen molar-refractivity contribution in [2.24, 2.45) is 4.99 Å². The number of nitrogens with zero attached hydrogens (tertiary/aromatic N) is 2. The van der Waals surface area contributed by atoms with Crippen LogP contribution in [0.25, 0.3) is 0 Å². The number of rotatable bonds is 5. The molecule has 30 heavy (non-hydrogen) atoms. The van der Waals surface area contributed by atoms with Crippen molar-refractivity contribution in [2.75, 3.05) is 5.32 Å². The van der Waals surface area contributed by atoms with E-state index in [2.05, 4.69) is 15.3 Å². The zero-order chi connectivity index (χ0) is 21.3. The monoisotopic (exact) mass is 407 g/mol. The maximum Gasteiger partial charge on any atom is 0.257 e. The highest BCUT2D eigenvalue weighted by Gasteiger charge is 2.19. The number of halogens is 2. The fourth-order valence-corrected chi connectivity index (χ4v) is 3.28. The first-order valence-electron chi connectivity index (χ1n) is 9.47. The van der Waals surface area contributed by atoms with Crippen LogP contribution >= 0.6 is 0 Å². The van der Waals surface area contributed by atoms with E-state index in [0.717, 1.165) is 40.3 Å². The van der Waals surface area contributed by atoms with Gasteiger partial charge in [0.15, 0.2) is 0 Å². The Morgan fingerprint density at radius 1 is 1.07 bits per heavy atom. The summed E-state index contributed by atoms with van der Waals surface area (Å²) in [6.45, 7) is 4.48. The second kappa shape index (κ2) is 8.02. The van der Waals surface area contributed by atoms with Gasteiger partial charge in [-0.15, -0.1) is 0 Å². The lowest BCUT2D eigenvalue weighted by Gasteiger charge is -2.12. The Morgan fingerprint density at radius 2 is 1.83 bits per heavy atom. The van der Waals surface area contributed by atoms with E-state index in [0.29, 0.717) is 12.6 Å². The van der Waals surface area contributed by atoms with Crippen LogP contribution in [0.15, 0.2) is 59.7 Å². The van der Waals surface area contributed by atoms with Gasteiger partial charge >= 0.3 is 0 Å². The topological polar surface area (TPSA) is 63.6 Å². The van der Waals surface area contributed by atoms with E-state index in [4.69, 9.17) is 4.74 Å². The van der Waals surface area contributed by atoms with Gasteiger partial charge in [-0.3, -0.25) is 9.79 Å². The number of ether oxygens (including phenoxy) is 1. The largest absolute Gasteiger partial charge is 0.491 e. The molecule has 152 valence electrons. The number of anilines is 1. The Bertz CT molecular complexity index is 1140. The van der Waals surface area contributed by atoms with Crippen LogP contribution in [0.2, 0.25) is 0 Å². The van der Waals surface area contributed by atoms with Crippen LogP contribution in [-0.4, -0.2) is 22.7 Å². The molecule has 2 aromatic carbocycles. The Hall–Kier alpha value is -3.61. The molecule has 1 aliphatic rings. The molecule has 0 atom stereocenters. The van der Waals surface area contributed by atoms with Gasteiger partial charge in [0.05, 0.1) is 18.4 Å². The van der Waals surface area contributed by atoms with Gasteiger partial charge in [0.2, 0.25) is 0 Å². The average Bonchev–Trinajstić information content (AvgIpc) is 3.10. The molecule has 1 amide bonds. The summed E-state index contributed by atoms with van der Waals surface area (Å²) >= 11 is 0. The number of pyridine rings is 1. The molecule has 4 rings (SSSR count). The maximum absolute atomic E-state index is 13.4. The lowest BCUT2D eigenvalue weighted by Crippen LogP contribution is -2.14. The molecule has 1 aliphatic heterocycles. The number of amides is 1. The molecule has 0 aliphatic carbocycles. The second-order valence-corrected chi connectivity index (χ2v) is 7.19. The summed E-state index contributed by atoms with van der Waals surface area (Å²) < 4.78 is 32.6. The van der Waals surface area contributed by atoms with Crippen molar-refractivity contribution in [2.45, 2.75) is 26.5 Å². The minimum atomic E-state index is -0.821. The molecular formula is C23H19F2N3O2. The van der Waals surface area contributed by atoms with Crippen LogP contribution < -0.4 is 10.1 Å². The number of benzene rings is 2. The van der Waals surface area contributed by atoms with Gasteiger partial charge in [-0.05, 0) is 55.8 Å². The molecule has 0 saturated carbocycles. The van der Waals surface area contributed by atoms with Crippen LogP contribution in [0.4, 0.5) is 14.6 Å². The smallest absolute Gasteiger partial charge is 0.257 e. The number of nitrogens with one attached hydrogen (secondary N) is 1. The maximum atomic E-state index is 13.4. The third kappa shape index (κ3) is 4.20. The van der Waals surface area contributed by atoms with Gasteiger partial charge in [-0.1, -0.05) is 6.07 Å². The highest BCUT2D eigenvalue weighted by atomic mass is 19.1. The fraction of sp³-hybridized carbons (Fsp3) is 0.174.